The van der Waals surface area contributed by atoms with Crippen LogP contribution in [0.15, 0.2) is 36.4 Å². The van der Waals surface area contributed by atoms with Crippen LogP contribution in [0, 0.1) is 5.82 Å². The van der Waals surface area contributed by atoms with E-state index < -0.39 is 5.82 Å². The molecule has 0 spiro atoms. The van der Waals surface area contributed by atoms with Crippen molar-refractivity contribution >= 4 is 5.69 Å². The zero-order valence-corrected chi connectivity index (χ0v) is 14.7. The molecule has 3 rings (SSSR count). The van der Waals surface area contributed by atoms with E-state index in [0.717, 1.165) is 38.3 Å². The molecular formula is C19H24FN3O2. The van der Waals surface area contributed by atoms with Gasteiger partial charge in [0.25, 0.3) is 0 Å². The molecule has 6 heteroatoms. The van der Waals surface area contributed by atoms with E-state index in [-0.39, 0.29) is 5.75 Å². The molecule has 1 aliphatic rings. The summed E-state index contributed by atoms with van der Waals surface area (Å²) in [5.41, 5.74) is 7.57. The van der Waals surface area contributed by atoms with Crippen molar-refractivity contribution in [3.8, 4) is 17.2 Å². The predicted octanol–water partition coefficient (Wildman–Crippen LogP) is 2.96. The molecule has 25 heavy (non-hydrogen) atoms. The monoisotopic (exact) mass is 345 g/mol. The van der Waals surface area contributed by atoms with Crippen molar-refractivity contribution in [3.63, 3.8) is 0 Å². The molecule has 0 atom stereocenters. The van der Waals surface area contributed by atoms with E-state index in [9.17, 15) is 4.39 Å². The maximum Gasteiger partial charge on any atom is 0.204 e. The van der Waals surface area contributed by atoms with Crippen LogP contribution in [-0.2, 0) is 6.54 Å². The smallest absolute Gasteiger partial charge is 0.204 e. The number of hydrogen-bond donors (Lipinski definition) is 1. The first-order chi connectivity index (χ1) is 12.1. The Morgan fingerprint density at radius 3 is 2.56 bits per heavy atom. The molecule has 1 fully saturated rings. The molecule has 5 nitrogen and oxygen atoms in total. The number of nitrogens with zero attached hydrogens (tertiary/aromatic N) is 2. The summed E-state index contributed by atoms with van der Waals surface area (Å²) in [5, 5.41) is 0. The molecule has 2 N–H and O–H groups in total. The van der Waals surface area contributed by atoms with E-state index in [1.54, 1.807) is 18.2 Å². The Balaban J connectivity index is 1.78. The van der Waals surface area contributed by atoms with Crippen LogP contribution in [-0.4, -0.2) is 50.1 Å². The molecule has 2 aromatic carbocycles. The third kappa shape index (κ3) is 4.21. The Labute approximate surface area is 147 Å². The van der Waals surface area contributed by atoms with Crippen molar-refractivity contribution in [2.45, 2.75) is 6.54 Å². The van der Waals surface area contributed by atoms with E-state index in [1.807, 2.05) is 12.1 Å². The summed E-state index contributed by atoms with van der Waals surface area (Å²) in [6.07, 6.45) is 0. The van der Waals surface area contributed by atoms with Crippen molar-refractivity contribution in [1.82, 2.24) is 9.80 Å². The number of likely N-dealkylation sites (N-methyl/N-ethyl adjacent to an activating group) is 1. The van der Waals surface area contributed by atoms with E-state index in [4.69, 9.17) is 15.2 Å². The van der Waals surface area contributed by atoms with Crippen LogP contribution in [0.1, 0.15) is 5.56 Å². The lowest BCUT2D eigenvalue weighted by Gasteiger charge is -2.32. The highest BCUT2D eigenvalue weighted by Gasteiger charge is 2.16. The third-order valence-corrected chi connectivity index (χ3v) is 4.44. The van der Waals surface area contributed by atoms with E-state index in [2.05, 4.69) is 16.8 Å². The van der Waals surface area contributed by atoms with Crippen LogP contribution in [0.4, 0.5) is 10.1 Å². The van der Waals surface area contributed by atoms with E-state index >= 15 is 0 Å². The number of halogens is 1. The maximum absolute atomic E-state index is 14.1. The van der Waals surface area contributed by atoms with Gasteiger partial charge < -0.3 is 20.1 Å². The first-order valence-corrected chi connectivity index (χ1v) is 8.36. The number of piperazine rings is 1. The van der Waals surface area contributed by atoms with Crippen molar-refractivity contribution in [2.24, 2.45) is 0 Å². The Kier molecular flexibility index (Phi) is 5.40. The number of nitrogen functional groups attached to an aromatic ring is 1. The van der Waals surface area contributed by atoms with Crippen molar-refractivity contribution in [2.75, 3.05) is 46.1 Å². The largest absolute Gasteiger partial charge is 0.493 e. The molecule has 0 bridgehead atoms. The number of methoxy groups -OCH3 is 1. The Morgan fingerprint density at radius 2 is 1.84 bits per heavy atom. The fourth-order valence-corrected chi connectivity index (χ4v) is 2.89. The van der Waals surface area contributed by atoms with Crippen LogP contribution in [0.5, 0.6) is 17.2 Å². The van der Waals surface area contributed by atoms with Gasteiger partial charge in [-0.15, -0.1) is 0 Å². The van der Waals surface area contributed by atoms with Crippen molar-refractivity contribution < 1.29 is 13.9 Å². The van der Waals surface area contributed by atoms with Crippen molar-refractivity contribution in [3.05, 3.63) is 47.8 Å². The topological polar surface area (TPSA) is 51.0 Å². The summed E-state index contributed by atoms with van der Waals surface area (Å²) in [5.74, 6) is 0.343. The molecule has 0 aliphatic carbocycles. The maximum atomic E-state index is 14.1. The zero-order chi connectivity index (χ0) is 17.8. The standard InChI is InChI=1S/C19H24FN3O2/c1-22-8-10-23(11-9-22)13-14-6-7-16(21)18(12-14)25-19-15(20)4-3-5-17(19)24-2/h3-7,12H,8-11,13,21H2,1-2H3. The van der Waals surface area contributed by atoms with Crippen LogP contribution >= 0.6 is 0 Å². The molecule has 0 amide bonds. The van der Waals surface area contributed by atoms with Crippen molar-refractivity contribution in [1.29, 1.82) is 0 Å². The highest BCUT2D eigenvalue weighted by atomic mass is 19.1. The number of para-hydroxylation sites is 1. The first kappa shape index (κ1) is 17.5. The highest BCUT2D eigenvalue weighted by molar-refractivity contribution is 5.57. The molecule has 0 unspecified atom stereocenters. The van der Waals surface area contributed by atoms with Gasteiger partial charge in [0.1, 0.15) is 0 Å². The van der Waals surface area contributed by atoms with Gasteiger partial charge >= 0.3 is 0 Å². The Morgan fingerprint density at radius 1 is 1.08 bits per heavy atom. The summed E-state index contributed by atoms with van der Waals surface area (Å²) in [6, 6.07) is 10.2. The number of anilines is 1. The normalized spacial score (nSPS) is 16.0. The summed E-state index contributed by atoms with van der Waals surface area (Å²) >= 11 is 0. The SMILES string of the molecule is COc1cccc(F)c1Oc1cc(CN2CCN(C)CC2)ccc1N. The average molecular weight is 345 g/mol. The third-order valence-electron chi connectivity index (χ3n) is 4.44. The number of ether oxygens (including phenoxy) is 2. The van der Waals surface area contributed by atoms with Gasteiger partial charge in [-0.1, -0.05) is 12.1 Å². The van der Waals surface area contributed by atoms with Crippen LogP contribution in [0.3, 0.4) is 0 Å². The second kappa shape index (κ2) is 7.72. The second-order valence-corrected chi connectivity index (χ2v) is 6.32. The number of rotatable bonds is 5. The first-order valence-electron chi connectivity index (χ1n) is 8.36. The Hall–Kier alpha value is -2.31. The van der Waals surface area contributed by atoms with Gasteiger partial charge in [-0.05, 0) is 36.9 Å². The summed E-state index contributed by atoms with van der Waals surface area (Å²) in [6.45, 7) is 4.99. The van der Waals surface area contributed by atoms with E-state index in [1.165, 1.54) is 13.2 Å². The van der Waals surface area contributed by atoms with Gasteiger partial charge in [-0.25, -0.2) is 4.39 Å². The van der Waals surface area contributed by atoms with Gasteiger partial charge in [0.15, 0.2) is 17.3 Å². The molecular weight excluding hydrogens is 321 g/mol. The average Bonchev–Trinajstić information content (AvgIpc) is 2.61. The molecule has 0 saturated carbocycles. The van der Waals surface area contributed by atoms with Gasteiger partial charge in [0.05, 0.1) is 12.8 Å². The van der Waals surface area contributed by atoms with Gasteiger partial charge in [-0.2, -0.15) is 0 Å². The predicted molar refractivity (Wildman–Crippen MR) is 96.7 cm³/mol. The van der Waals surface area contributed by atoms with Crippen LogP contribution in [0.2, 0.25) is 0 Å². The minimum Gasteiger partial charge on any atom is -0.493 e. The van der Waals surface area contributed by atoms with E-state index in [0.29, 0.717) is 17.2 Å². The minimum absolute atomic E-state index is 0.0495. The molecule has 1 saturated heterocycles. The molecule has 2 aromatic rings. The molecule has 134 valence electrons. The number of benzene rings is 2. The van der Waals surface area contributed by atoms with Gasteiger partial charge in [0, 0.05) is 32.7 Å². The summed E-state index contributed by atoms with van der Waals surface area (Å²) in [7, 11) is 3.61. The summed E-state index contributed by atoms with van der Waals surface area (Å²) in [4.78, 5) is 4.71. The zero-order valence-electron chi connectivity index (χ0n) is 14.7. The van der Waals surface area contributed by atoms with Crippen LogP contribution in [0.25, 0.3) is 0 Å². The number of hydrogen-bond acceptors (Lipinski definition) is 5. The summed E-state index contributed by atoms with van der Waals surface area (Å²) < 4.78 is 25.0. The highest BCUT2D eigenvalue weighted by Crippen LogP contribution is 2.36. The fourth-order valence-electron chi connectivity index (χ4n) is 2.89. The molecule has 1 aliphatic heterocycles. The minimum atomic E-state index is -0.483. The lowest BCUT2D eigenvalue weighted by molar-refractivity contribution is 0.148. The number of nitrogens with two attached hydrogens (primary N) is 1. The quantitative estimate of drug-likeness (QED) is 0.845. The molecule has 0 aromatic heterocycles. The second-order valence-electron chi connectivity index (χ2n) is 6.32. The Bertz CT molecular complexity index is 731. The lowest BCUT2D eigenvalue weighted by atomic mass is 10.1. The van der Waals surface area contributed by atoms with Crippen LogP contribution < -0.4 is 15.2 Å². The molecule has 1 heterocycles. The molecule has 0 radical (unpaired) electrons. The lowest BCUT2D eigenvalue weighted by Crippen LogP contribution is -2.43. The fraction of sp³-hybridized carbons (Fsp3) is 0.368. The van der Waals surface area contributed by atoms with Gasteiger partial charge in [-0.3, -0.25) is 4.90 Å². The van der Waals surface area contributed by atoms with Gasteiger partial charge in [0.2, 0.25) is 5.75 Å².